The maximum atomic E-state index is 13.4. The van der Waals surface area contributed by atoms with E-state index in [1.165, 1.54) is 44.9 Å². The summed E-state index contributed by atoms with van der Waals surface area (Å²) in [4.78, 5) is 13.4. The zero-order valence-electron chi connectivity index (χ0n) is 17.2. The number of rotatable bonds is 1. The van der Waals surface area contributed by atoms with Gasteiger partial charge in [-0.05, 0) is 91.7 Å². The van der Waals surface area contributed by atoms with E-state index in [-0.39, 0.29) is 5.41 Å². The van der Waals surface area contributed by atoms with Crippen molar-refractivity contribution < 1.29 is 4.79 Å². The Morgan fingerprint density at radius 3 is 2.74 bits per heavy atom. The average Bonchev–Trinajstić information content (AvgIpc) is 3.17. The zero-order chi connectivity index (χ0) is 18.8. The fourth-order valence-corrected chi connectivity index (χ4v) is 7.80. The molecule has 0 bridgehead atoms. The van der Waals surface area contributed by atoms with E-state index in [9.17, 15) is 4.79 Å². The van der Waals surface area contributed by atoms with Gasteiger partial charge in [0.1, 0.15) is 0 Å². The molecule has 4 aliphatic rings. The topological polar surface area (TPSA) is 34.9 Å². The van der Waals surface area contributed by atoms with Gasteiger partial charge in [-0.2, -0.15) is 5.10 Å². The molecule has 27 heavy (non-hydrogen) atoms. The minimum atomic E-state index is -0.122. The zero-order valence-corrected chi connectivity index (χ0v) is 17.2. The lowest BCUT2D eigenvalue weighted by Crippen LogP contribution is -2.52. The summed E-state index contributed by atoms with van der Waals surface area (Å²) in [7, 11) is 1.96. The highest BCUT2D eigenvalue weighted by Crippen LogP contribution is 2.66. The molecule has 1 heterocycles. The van der Waals surface area contributed by atoms with Crippen molar-refractivity contribution in [3.63, 3.8) is 0 Å². The van der Waals surface area contributed by atoms with Crippen LogP contribution in [0.25, 0.3) is 6.08 Å². The van der Waals surface area contributed by atoms with Crippen LogP contribution >= 0.6 is 0 Å². The third kappa shape index (κ3) is 2.46. The van der Waals surface area contributed by atoms with E-state index >= 15 is 0 Å². The summed E-state index contributed by atoms with van der Waals surface area (Å²) in [6, 6.07) is 2.02. The Labute approximate surface area is 163 Å². The number of allylic oxidation sites excluding steroid dienone is 1. The summed E-state index contributed by atoms with van der Waals surface area (Å²) >= 11 is 0. The minimum absolute atomic E-state index is 0.122. The van der Waals surface area contributed by atoms with Crippen LogP contribution in [0.2, 0.25) is 0 Å². The predicted octanol–water partition coefficient (Wildman–Crippen LogP) is 5.42. The van der Waals surface area contributed by atoms with Crippen LogP contribution < -0.4 is 0 Å². The summed E-state index contributed by atoms with van der Waals surface area (Å²) in [5.41, 5.74) is 2.53. The summed E-state index contributed by atoms with van der Waals surface area (Å²) in [5.74, 6) is 3.53. The monoisotopic (exact) mass is 366 g/mol. The van der Waals surface area contributed by atoms with Gasteiger partial charge in [0.25, 0.3) is 0 Å². The number of ketones is 1. The Morgan fingerprint density at radius 2 is 1.96 bits per heavy atom. The van der Waals surface area contributed by atoms with Crippen molar-refractivity contribution >= 4 is 11.9 Å². The maximum Gasteiger partial charge on any atom is 0.165 e. The highest BCUT2D eigenvalue weighted by Gasteiger charge is 2.60. The normalized spacial score (nSPS) is 45.4. The second-order valence-electron chi connectivity index (χ2n) is 10.4. The van der Waals surface area contributed by atoms with Crippen LogP contribution in [-0.4, -0.2) is 15.6 Å². The van der Waals surface area contributed by atoms with E-state index in [2.05, 4.69) is 25.0 Å². The van der Waals surface area contributed by atoms with Crippen LogP contribution in [0.15, 0.2) is 17.8 Å². The molecule has 6 atom stereocenters. The van der Waals surface area contributed by atoms with Crippen molar-refractivity contribution in [3.8, 4) is 0 Å². The molecule has 1 aromatic heterocycles. The molecule has 0 aromatic carbocycles. The van der Waals surface area contributed by atoms with Crippen LogP contribution in [0.5, 0.6) is 0 Å². The van der Waals surface area contributed by atoms with Gasteiger partial charge in [0.2, 0.25) is 0 Å². The van der Waals surface area contributed by atoms with E-state index in [0.29, 0.717) is 17.1 Å². The standard InChI is InChI=1S/C24H34N2O/c1-23-11-5-4-6-17(23)7-8-19-20(23)9-12-24(2)21(19)15-16(22(24)27)14-18-10-13-25-26(18)3/h10,13-14,17,19-21H,4-9,11-12,15H2,1-3H3. The molecule has 3 nitrogen and oxygen atoms in total. The van der Waals surface area contributed by atoms with Crippen LogP contribution in [0.1, 0.15) is 77.3 Å². The molecule has 0 saturated heterocycles. The first-order valence-corrected chi connectivity index (χ1v) is 11.2. The van der Waals surface area contributed by atoms with Gasteiger partial charge in [0.05, 0.1) is 5.69 Å². The van der Waals surface area contributed by atoms with Gasteiger partial charge < -0.3 is 0 Å². The SMILES string of the molecule is Cn1nccc1C=C1CC2C3CCC4CCCCC4(C)C3CCC2(C)C1=O. The molecule has 5 rings (SSSR count). The van der Waals surface area contributed by atoms with Crippen LogP contribution in [-0.2, 0) is 11.8 Å². The summed E-state index contributed by atoms with van der Waals surface area (Å²) < 4.78 is 1.88. The summed E-state index contributed by atoms with van der Waals surface area (Å²) in [6.45, 7) is 4.90. The molecular weight excluding hydrogens is 332 g/mol. The highest BCUT2D eigenvalue weighted by molar-refractivity contribution is 6.05. The lowest BCUT2D eigenvalue weighted by molar-refractivity contribution is -0.137. The molecule has 1 aromatic rings. The number of carbonyl (C=O) groups is 1. The van der Waals surface area contributed by atoms with Crippen LogP contribution in [0, 0.1) is 34.5 Å². The van der Waals surface area contributed by atoms with E-state index in [0.717, 1.165) is 41.9 Å². The fourth-order valence-electron chi connectivity index (χ4n) is 7.80. The molecule has 6 unspecified atom stereocenters. The predicted molar refractivity (Wildman–Crippen MR) is 108 cm³/mol. The molecule has 0 aliphatic heterocycles. The average molecular weight is 367 g/mol. The van der Waals surface area contributed by atoms with Gasteiger partial charge in [-0.15, -0.1) is 0 Å². The van der Waals surface area contributed by atoms with Gasteiger partial charge in [-0.3, -0.25) is 9.48 Å². The Bertz CT molecular complexity index is 792. The minimum Gasteiger partial charge on any atom is -0.294 e. The number of hydrogen-bond donors (Lipinski definition) is 0. The van der Waals surface area contributed by atoms with Crippen molar-refractivity contribution in [3.05, 3.63) is 23.5 Å². The molecule has 0 N–H and O–H groups in total. The fraction of sp³-hybridized carbons (Fsp3) is 0.750. The van der Waals surface area contributed by atoms with Crippen molar-refractivity contribution in [2.45, 2.75) is 71.6 Å². The first kappa shape index (κ1) is 17.7. The third-order valence-corrected chi connectivity index (χ3v) is 9.40. The molecule has 4 saturated carbocycles. The number of aromatic nitrogens is 2. The maximum absolute atomic E-state index is 13.4. The largest absolute Gasteiger partial charge is 0.294 e. The van der Waals surface area contributed by atoms with Gasteiger partial charge >= 0.3 is 0 Å². The number of carbonyl (C=O) groups excluding carboxylic acids is 1. The molecular formula is C24H34N2O. The lowest BCUT2D eigenvalue weighted by atomic mass is 9.45. The number of Topliss-reactive ketones (excluding diaryl/α,β-unsaturated/α-hetero) is 1. The quantitative estimate of drug-likeness (QED) is 0.622. The van der Waals surface area contributed by atoms with E-state index in [1.54, 1.807) is 0 Å². The first-order chi connectivity index (χ1) is 12.9. The van der Waals surface area contributed by atoms with Gasteiger partial charge in [-0.25, -0.2) is 0 Å². The Morgan fingerprint density at radius 1 is 1.11 bits per heavy atom. The Hall–Kier alpha value is -1.38. The van der Waals surface area contributed by atoms with Gasteiger partial charge in [-0.1, -0.05) is 26.7 Å². The first-order valence-electron chi connectivity index (χ1n) is 11.2. The van der Waals surface area contributed by atoms with E-state index in [1.807, 2.05) is 24.0 Å². The Kier molecular flexibility index (Phi) is 3.97. The van der Waals surface area contributed by atoms with Gasteiger partial charge in [0.15, 0.2) is 5.78 Å². The number of fused-ring (bicyclic) bond motifs is 5. The molecule has 0 spiro atoms. The molecule has 0 radical (unpaired) electrons. The highest BCUT2D eigenvalue weighted by atomic mass is 16.1. The molecule has 3 heteroatoms. The number of aryl methyl sites for hydroxylation is 1. The van der Waals surface area contributed by atoms with Crippen molar-refractivity contribution in [2.24, 2.45) is 41.5 Å². The van der Waals surface area contributed by atoms with Gasteiger partial charge in [0, 0.05) is 18.7 Å². The molecule has 0 amide bonds. The number of nitrogens with zero attached hydrogens (tertiary/aromatic N) is 2. The van der Waals surface area contributed by atoms with Crippen LogP contribution in [0.4, 0.5) is 0 Å². The second kappa shape index (κ2) is 6.06. The summed E-state index contributed by atoms with van der Waals surface area (Å²) in [6.07, 6.45) is 15.8. The van der Waals surface area contributed by atoms with Crippen molar-refractivity contribution in [2.75, 3.05) is 0 Å². The molecule has 4 fully saturated rings. The third-order valence-electron chi connectivity index (χ3n) is 9.40. The smallest absolute Gasteiger partial charge is 0.165 e. The van der Waals surface area contributed by atoms with Crippen molar-refractivity contribution in [1.82, 2.24) is 9.78 Å². The lowest BCUT2D eigenvalue weighted by Gasteiger charge is -2.59. The van der Waals surface area contributed by atoms with E-state index in [4.69, 9.17) is 0 Å². The Balaban J connectivity index is 1.48. The molecule has 4 aliphatic carbocycles. The van der Waals surface area contributed by atoms with Crippen molar-refractivity contribution in [1.29, 1.82) is 0 Å². The number of hydrogen-bond acceptors (Lipinski definition) is 2. The summed E-state index contributed by atoms with van der Waals surface area (Å²) in [5, 5.41) is 4.27. The molecule has 146 valence electrons. The van der Waals surface area contributed by atoms with E-state index < -0.39 is 0 Å². The second-order valence-corrected chi connectivity index (χ2v) is 10.4. The van der Waals surface area contributed by atoms with Crippen LogP contribution in [0.3, 0.4) is 0 Å².